The van der Waals surface area contributed by atoms with Crippen molar-refractivity contribution in [2.75, 3.05) is 30.9 Å². The Balaban J connectivity index is 1.77. The predicted octanol–water partition coefficient (Wildman–Crippen LogP) is 4.84. The molecule has 0 bridgehead atoms. The number of aromatic nitrogens is 2. The van der Waals surface area contributed by atoms with Gasteiger partial charge in [0.25, 0.3) is 5.56 Å². The maximum absolute atomic E-state index is 13.4. The van der Waals surface area contributed by atoms with E-state index in [1.165, 1.54) is 11.1 Å². The summed E-state index contributed by atoms with van der Waals surface area (Å²) in [7, 11) is 5.69. The number of aryl methyl sites for hydroxylation is 1. The minimum atomic E-state index is -0.187. The van der Waals surface area contributed by atoms with E-state index in [0.717, 1.165) is 23.6 Å². The van der Waals surface area contributed by atoms with Gasteiger partial charge in [-0.3, -0.25) is 9.36 Å². The molecule has 174 valence electrons. The van der Waals surface area contributed by atoms with Gasteiger partial charge in [0.1, 0.15) is 11.5 Å². The summed E-state index contributed by atoms with van der Waals surface area (Å²) in [5, 5.41) is 4.12. The Hall–Kier alpha value is -2.83. The van der Waals surface area contributed by atoms with Crippen LogP contribution in [0.5, 0.6) is 0 Å². The fourth-order valence-electron chi connectivity index (χ4n) is 4.51. The predicted molar refractivity (Wildman–Crippen MR) is 136 cm³/mol. The maximum atomic E-state index is 13.4. The third-order valence-electron chi connectivity index (χ3n) is 6.28. The molecule has 1 unspecified atom stereocenters. The molecule has 7 heteroatoms. The van der Waals surface area contributed by atoms with Gasteiger partial charge in [-0.05, 0) is 42.7 Å². The van der Waals surface area contributed by atoms with Gasteiger partial charge >= 0.3 is 0 Å². The van der Waals surface area contributed by atoms with Crippen LogP contribution in [0.15, 0.2) is 47.3 Å². The van der Waals surface area contributed by atoms with Crippen LogP contribution in [0.1, 0.15) is 36.7 Å². The van der Waals surface area contributed by atoms with Gasteiger partial charge in [-0.25, -0.2) is 4.98 Å². The Morgan fingerprint density at radius 2 is 1.97 bits per heavy atom. The normalized spacial score (nSPS) is 17.2. The van der Waals surface area contributed by atoms with E-state index in [0.29, 0.717) is 29.3 Å². The number of benzene rings is 2. The highest BCUT2D eigenvalue weighted by Gasteiger charge is 2.34. The van der Waals surface area contributed by atoms with Crippen LogP contribution in [0, 0.1) is 0 Å². The Bertz CT molecular complexity index is 1220. The summed E-state index contributed by atoms with van der Waals surface area (Å²) in [5.74, 6) is 0.721. The van der Waals surface area contributed by atoms with E-state index in [4.69, 9.17) is 21.3 Å². The van der Waals surface area contributed by atoms with E-state index in [1.54, 1.807) is 11.6 Å². The molecule has 0 radical (unpaired) electrons. The van der Waals surface area contributed by atoms with E-state index in [2.05, 4.69) is 23.5 Å². The van der Waals surface area contributed by atoms with Crippen LogP contribution in [-0.2, 0) is 24.6 Å². The number of ether oxygens (including phenoxy) is 1. The first-order chi connectivity index (χ1) is 15.8. The zero-order valence-electron chi connectivity index (χ0n) is 19.9. The second-order valence-corrected chi connectivity index (χ2v) is 8.96. The zero-order valence-corrected chi connectivity index (χ0v) is 20.6. The monoisotopic (exact) mass is 466 g/mol. The minimum Gasteiger partial charge on any atom is -0.378 e. The lowest BCUT2D eigenvalue weighted by Crippen LogP contribution is -2.31. The number of hydrogen-bond acceptors (Lipinski definition) is 5. The summed E-state index contributed by atoms with van der Waals surface area (Å²) < 4.78 is 7.72. The molecule has 1 aliphatic rings. The lowest BCUT2D eigenvalue weighted by atomic mass is 10.1. The number of nitrogens with one attached hydrogen (secondary N) is 1. The van der Waals surface area contributed by atoms with Crippen molar-refractivity contribution in [2.45, 2.75) is 38.8 Å². The summed E-state index contributed by atoms with van der Waals surface area (Å²) in [6.07, 6.45) is 1.51. The maximum Gasteiger partial charge on any atom is 0.278 e. The molecule has 0 fully saturated rings. The molecule has 0 amide bonds. The van der Waals surface area contributed by atoms with Gasteiger partial charge in [0.15, 0.2) is 0 Å². The molecule has 0 saturated carbocycles. The van der Waals surface area contributed by atoms with Gasteiger partial charge in [-0.15, -0.1) is 0 Å². The number of rotatable bonds is 7. The molecular weight excluding hydrogens is 436 g/mol. The third-order valence-corrected chi connectivity index (χ3v) is 6.59. The van der Waals surface area contributed by atoms with Crippen LogP contribution in [0.25, 0.3) is 11.3 Å². The molecule has 0 saturated heterocycles. The minimum absolute atomic E-state index is 0.0000861. The van der Waals surface area contributed by atoms with Crippen LogP contribution >= 0.6 is 11.6 Å². The molecule has 1 aromatic heterocycles. The molecular formula is C26H31ClN4O2. The summed E-state index contributed by atoms with van der Waals surface area (Å²) in [4.78, 5) is 20.2. The molecule has 3 aromatic rings. The summed E-state index contributed by atoms with van der Waals surface area (Å²) in [5.41, 5.74) is 5.08. The van der Waals surface area contributed by atoms with E-state index >= 15 is 0 Å². The smallest absolute Gasteiger partial charge is 0.278 e. The second-order valence-electron chi connectivity index (χ2n) is 8.55. The SMILES string of the molecule is CCO[C@H]1Cc2ccccc2C1Nc1c(CC)nc(-c2ccc(N(C)C)cc2Cl)c(=O)n1C. The summed E-state index contributed by atoms with van der Waals surface area (Å²) >= 11 is 6.57. The number of anilines is 2. The van der Waals surface area contributed by atoms with E-state index in [-0.39, 0.29) is 17.7 Å². The van der Waals surface area contributed by atoms with Crippen molar-refractivity contribution in [3.8, 4) is 11.3 Å². The van der Waals surface area contributed by atoms with Crippen LogP contribution in [-0.4, -0.2) is 36.4 Å². The largest absolute Gasteiger partial charge is 0.378 e. The first-order valence-corrected chi connectivity index (χ1v) is 11.8. The Kier molecular flexibility index (Phi) is 6.77. The van der Waals surface area contributed by atoms with Gasteiger partial charge < -0.3 is 15.0 Å². The average Bonchev–Trinajstić information content (AvgIpc) is 3.14. The van der Waals surface area contributed by atoms with Gasteiger partial charge in [0.05, 0.1) is 22.9 Å². The Morgan fingerprint density at radius 1 is 1.21 bits per heavy atom. The fourth-order valence-corrected chi connectivity index (χ4v) is 4.78. The van der Waals surface area contributed by atoms with Crippen LogP contribution in [0.3, 0.4) is 0 Å². The molecule has 33 heavy (non-hydrogen) atoms. The van der Waals surface area contributed by atoms with E-state index in [1.807, 2.05) is 57.1 Å². The lowest BCUT2D eigenvalue weighted by molar-refractivity contribution is 0.0572. The standard InChI is InChI=1S/C26H31ClN4O2/c1-6-21-25(29-23-18-11-9-8-10-16(18)14-22(23)33-7-2)31(5)26(32)24(28-21)19-13-12-17(30(3)4)15-20(19)27/h8-13,15,22-23,29H,6-7,14H2,1-5H3/t22-,23?/m0/s1. The molecule has 0 spiro atoms. The van der Waals surface area contributed by atoms with Crippen molar-refractivity contribution < 1.29 is 4.74 Å². The van der Waals surface area contributed by atoms with Gasteiger partial charge in [0.2, 0.25) is 0 Å². The first-order valence-electron chi connectivity index (χ1n) is 11.4. The van der Waals surface area contributed by atoms with Crippen molar-refractivity contribution in [1.29, 1.82) is 0 Å². The van der Waals surface area contributed by atoms with Gasteiger partial charge in [-0.1, -0.05) is 42.8 Å². The van der Waals surface area contributed by atoms with Crippen molar-refractivity contribution in [3.05, 3.63) is 74.7 Å². The number of hydrogen-bond donors (Lipinski definition) is 1. The van der Waals surface area contributed by atoms with Gasteiger partial charge in [0, 0.05) is 45.4 Å². The first kappa shape index (κ1) is 23.3. The highest BCUT2D eigenvalue weighted by Crippen LogP contribution is 2.37. The van der Waals surface area contributed by atoms with Gasteiger partial charge in [-0.2, -0.15) is 0 Å². The average molecular weight is 467 g/mol. The second kappa shape index (κ2) is 9.57. The molecule has 1 N–H and O–H groups in total. The fraction of sp³-hybridized carbons (Fsp3) is 0.385. The van der Waals surface area contributed by atoms with Crippen molar-refractivity contribution in [1.82, 2.24) is 9.55 Å². The molecule has 0 aliphatic heterocycles. The summed E-state index contributed by atoms with van der Waals surface area (Å²) in [6, 6.07) is 14.0. The molecule has 1 aliphatic carbocycles. The number of halogens is 1. The topological polar surface area (TPSA) is 59.4 Å². The third kappa shape index (κ3) is 4.37. The highest BCUT2D eigenvalue weighted by molar-refractivity contribution is 6.33. The van der Waals surface area contributed by atoms with E-state index in [9.17, 15) is 4.79 Å². The number of fused-ring (bicyclic) bond motifs is 1. The highest BCUT2D eigenvalue weighted by atomic mass is 35.5. The van der Waals surface area contributed by atoms with Crippen LogP contribution in [0.2, 0.25) is 5.02 Å². The van der Waals surface area contributed by atoms with Crippen LogP contribution in [0.4, 0.5) is 11.5 Å². The molecule has 4 rings (SSSR count). The van der Waals surface area contributed by atoms with Crippen molar-refractivity contribution in [3.63, 3.8) is 0 Å². The Morgan fingerprint density at radius 3 is 2.64 bits per heavy atom. The summed E-state index contributed by atoms with van der Waals surface area (Å²) in [6.45, 7) is 4.69. The van der Waals surface area contributed by atoms with Crippen LogP contribution < -0.4 is 15.8 Å². The molecule has 2 aromatic carbocycles. The quantitative estimate of drug-likeness (QED) is 0.539. The van der Waals surface area contributed by atoms with E-state index < -0.39 is 0 Å². The molecule has 1 heterocycles. The Labute approximate surface area is 200 Å². The van der Waals surface area contributed by atoms with Crippen molar-refractivity contribution in [2.24, 2.45) is 7.05 Å². The van der Waals surface area contributed by atoms with Crippen molar-refractivity contribution >= 4 is 23.1 Å². The zero-order chi connectivity index (χ0) is 23.7. The molecule has 6 nitrogen and oxygen atoms in total. The lowest BCUT2D eigenvalue weighted by Gasteiger charge is -2.25. The number of nitrogens with zero attached hydrogens (tertiary/aromatic N) is 3. The molecule has 2 atom stereocenters.